The van der Waals surface area contributed by atoms with Crippen LogP contribution in [-0.2, 0) is 18.7 Å². The highest BCUT2D eigenvalue weighted by molar-refractivity contribution is 7.52. The van der Waals surface area contributed by atoms with Crippen molar-refractivity contribution in [2.45, 2.75) is 19.3 Å². The number of aliphatic carboxylic acids is 1. The Morgan fingerprint density at radius 1 is 1.38 bits per heavy atom. The zero-order chi connectivity index (χ0) is 10.5. The second-order valence-corrected chi connectivity index (χ2v) is 4.30. The third-order valence-corrected chi connectivity index (χ3v) is 1.59. The summed E-state index contributed by atoms with van der Waals surface area (Å²) >= 11 is 0. The van der Waals surface area contributed by atoms with Crippen LogP contribution >= 0.6 is 7.60 Å². The van der Waals surface area contributed by atoms with E-state index in [1.165, 1.54) is 0 Å². The second-order valence-electron chi connectivity index (χ2n) is 2.51. The van der Waals surface area contributed by atoms with E-state index in [4.69, 9.17) is 10.00 Å². The van der Waals surface area contributed by atoms with Crippen LogP contribution in [0.25, 0.3) is 0 Å². The highest BCUT2D eigenvalue weighted by Crippen LogP contribution is 2.36. The van der Waals surface area contributed by atoms with Gasteiger partial charge in [-0.2, -0.15) is 0 Å². The van der Waals surface area contributed by atoms with Crippen molar-refractivity contribution >= 4 is 19.5 Å². The number of rotatable bonds is 5. The van der Waals surface area contributed by atoms with Gasteiger partial charge in [0.25, 0.3) is 0 Å². The van der Waals surface area contributed by atoms with Crippen LogP contribution in [0.15, 0.2) is 0 Å². The number of hydrogen-bond acceptors (Lipinski definition) is 4. The summed E-state index contributed by atoms with van der Waals surface area (Å²) < 4.78 is 14.6. The fourth-order valence-electron chi connectivity index (χ4n) is 0.619. The first kappa shape index (κ1) is 12.1. The largest absolute Gasteiger partial charge is 0.481 e. The van der Waals surface area contributed by atoms with Crippen LogP contribution in [-0.4, -0.2) is 28.6 Å². The molecule has 1 unspecified atom stereocenters. The maximum Gasteiger partial charge on any atom is 0.375 e. The van der Waals surface area contributed by atoms with Gasteiger partial charge in [0.15, 0.2) is 0 Å². The number of carboxylic acid groups (broad SMARTS) is 1. The first-order chi connectivity index (χ1) is 5.81. The molecular formula is C6H11O6P. The van der Waals surface area contributed by atoms with E-state index >= 15 is 0 Å². The molecule has 0 saturated carbocycles. The van der Waals surface area contributed by atoms with Crippen molar-refractivity contribution in [2.75, 3.05) is 6.66 Å². The lowest BCUT2D eigenvalue weighted by molar-refractivity contribution is -0.137. The molecule has 7 heteroatoms. The van der Waals surface area contributed by atoms with E-state index in [-0.39, 0.29) is 19.3 Å². The Kier molecular flexibility index (Phi) is 4.66. The molecule has 1 atom stereocenters. The Labute approximate surface area is 75.1 Å². The summed E-state index contributed by atoms with van der Waals surface area (Å²) in [7, 11) is -3.78. The third kappa shape index (κ3) is 9.04. The van der Waals surface area contributed by atoms with Gasteiger partial charge in [-0.25, -0.2) is 4.57 Å². The lowest BCUT2D eigenvalue weighted by atomic mass is 10.2. The van der Waals surface area contributed by atoms with Crippen molar-refractivity contribution in [3.8, 4) is 0 Å². The maximum absolute atomic E-state index is 10.7. The van der Waals surface area contributed by atoms with Crippen molar-refractivity contribution in [3.63, 3.8) is 0 Å². The van der Waals surface area contributed by atoms with E-state index in [0.29, 0.717) is 0 Å². The summed E-state index contributed by atoms with van der Waals surface area (Å²) in [4.78, 5) is 29.3. The molecule has 13 heavy (non-hydrogen) atoms. The van der Waals surface area contributed by atoms with Crippen molar-refractivity contribution in [3.05, 3.63) is 0 Å². The lowest BCUT2D eigenvalue weighted by Gasteiger charge is -2.05. The molecule has 0 saturated heterocycles. The summed E-state index contributed by atoms with van der Waals surface area (Å²) in [5.41, 5.74) is 0. The molecule has 0 aromatic carbocycles. The molecule has 0 aliphatic rings. The van der Waals surface area contributed by atoms with Gasteiger partial charge in [-0.05, 0) is 6.42 Å². The molecule has 0 aliphatic carbocycles. The van der Waals surface area contributed by atoms with Crippen LogP contribution in [0, 0.1) is 0 Å². The molecule has 6 nitrogen and oxygen atoms in total. The van der Waals surface area contributed by atoms with E-state index < -0.39 is 19.5 Å². The summed E-state index contributed by atoms with van der Waals surface area (Å²) in [5.74, 6) is -1.87. The van der Waals surface area contributed by atoms with Crippen molar-refractivity contribution in [1.29, 1.82) is 0 Å². The van der Waals surface area contributed by atoms with E-state index in [9.17, 15) is 14.2 Å². The fraction of sp³-hybridized carbons (Fsp3) is 0.667. The van der Waals surface area contributed by atoms with E-state index in [2.05, 4.69) is 4.52 Å². The summed E-state index contributed by atoms with van der Waals surface area (Å²) in [6.45, 7) is 0.891. The Morgan fingerprint density at radius 3 is 2.31 bits per heavy atom. The molecule has 0 aromatic rings. The molecule has 0 rings (SSSR count). The van der Waals surface area contributed by atoms with Crippen LogP contribution in [0.5, 0.6) is 0 Å². The van der Waals surface area contributed by atoms with Gasteiger partial charge in [-0.1, -0.05) is 0 Å². The molecule has 0 spiro atoms. The van der Waals surface area contributed by atoms with Crippen molar-refractivity contribution in [2.24, 2.45) is 0 Å². The molecule has 0 bridgehead atoms. The van der Waals surface area contributed by atoms with Gasteiger partial charge >= 0.3 is 19.5 Å². The minimum absolute atomic E-state index is 0.105. The van der Waals surface area contributed by atoms with Gasteiger partial charge < -0.3 is 14.5 Å². The standard InChI is InChI=1S/C6H11O6P/c1-13(10,11)12-6(9)4-2-3-5(7)8/h2-4H2,1H3,(H,7,8)(H,10,11). The minimum Gasteiger partial charge on any atom is -0.481 e. The molecular weight excluding hydrogens is 199 g/mol. The summed E-state index contributed by atoms with van der Waals surface area (Å²) in [6.07, 6.45) is -0.215. The fourth-order valence-corrected chi connectivity index (χ4v) is 1.09. The Bertz CT molecular complexity index is 242. The monoisotopic (exact) mass is 210 g/mol. The quantitative estimate of drug-likeness (QED) is 0.644. The average Bonchev–Trinajstić information content (AvgIpc) is 1.81. The number of carbonyl (C=O) groups is 2. The molecule has 0 heterocycles. The first-order valence-electron chi connectivity index (χ1n) is 3.56. The molecule has 0 radical (unpaired) electrons. The van der Waals surface area contributed by atoms with Gasteiger partial charge in [-0.3, -0.25) is 9.59 Å². The highest BCUT2D eigenvalue weighted by Gasteiger charge is 2.16. The van der Waals surface area contributed by atoms with Crippen LogP contribution < -0.4 is 0 Å². The van der Waals surface area contributed by atoms with E-state index in [0.717, 1.165) is 6.66 Å². The van der Waals surface area contributed by atoms with Crippen LogP contribution in [0.2, 0.25) is 0 Å². The lowest BCUT2D eigenvalue weighted by Crippen LogP contribution is -2.03. The summed E-state index contributed by atoms with van der Waals surface area (Å²) in [6, 6.07) is 0. The minimum atomic E-state index is -3.78. The van der Waals surface area contributed by atoms with Crippen LogP contribution in [0.3, 0.4) is 0 Å². The Morgan fingerprint density at radius 2 is 1.92 bits per heavy atom. The second kappa shape index (κ2) is 4.99. The Balaban J connectivity index is 3.65. The smallest absolute Gasteiger partial charge is 0.375 e. The average molecular weight is 210 g/mol. The highest BCUT2D eigenvalue weighted by atomic mass is 31.2. The summed E-state index contributed by atoms with van der Waals surface area (Å²) in [5, 5.41) is 8.20. The molecule has 0 aliphatic heterocycles. The number of carboxylic acids is 1. The van der Waals surface area contributed by atoms with Gasteiger partial charge in [0.05, 0.1) is 0 Å². The van der Waals surface area contributed by atoms with Crippen molar-refractivity contribution < 1.29 is 28.7 Å². The molecule has 76 valence electrons. The third-order valence-electron chi connectivity index (χ3n) is 1.04. The van der Waals surface area contributed by atoms with E-state index in [1.807, 2.05) is 0 Å². The van der Waals surface area contributed by atoms with E-state index in [1.54, 1.807) is 0 Å². The van der Waals surface area contributed by atoms with Gasteiger partial charge in [-0.15, -0.1) is 0 Å². The van der Waals surface area contributed by atoms with Crippen molar-refractivity contribution in [1.82, 2.24) is 0 Å². The van der Waals surface area contributed by atoms with Gasteiger partial charge in [0, 0.05) is 19.5 Å². The van der Waals surface area contributed by atoms with Gasteiger partial charge in [0.1, 0.15) is 0 Å². The normalized spacial score (nSPS) is 14.6. The zero-order valence-corrected chi connectivity index (χ0v) is 7.99. The molecule has 0 amide bonds. The topological polar surface area (TPSA) is 101 Å². The molecule has 0 fully saturated rings. The predicted octanol–water partition coefficient (Wildman–Crippen LogP) is 0.600. The predicted molar refractivity (Wildman–Crippen MR) is 43.3 cm³/mol. The molecule has 2 N–H and O–H groups in total. The van der Waals surface area contributed by atoms with Gasteiger partial charge in [0.2, 0.25) is 0 Å². The molecule has 0 aromatic heterocycles. The first-order valence-corrected chi connectivity index (χ1v) is 5.58. The number of carbonyl (C=O) groups excluding carboxylic acids is 1. The van der Waals surface area contributed by atoms with Crippen LogP contribution in [0.4, 0.5) is 0 Å². The zero-order valence-electron chi connectivity index (χ0n) is 7.10. The maximum atomic E-state index is 10.7. The van der Waals surface area contributed by atoms with Crippen LogP contribution in [0.1, 0.15) is 19.3 Å². The SMILES string of the molecule is CP(=O)(O)OC(=O)CCCC(=O)O. The number of hydrogen-bond donors (Lipinski definition) is 2. The Hall–Kier alpha value is -0.870.